The maximum atomic E-state index is 11.5. The summed E-state index contributed by atoms with van der Waals surface area (Å²) in [5, 5.41) is 8.90. The van der Waals surface area contributed by atoms with Crippen molar-refractivity contribution in [1.29, 1.82) is 0 Å². The largest absolute Gasteiger partial charge is 0.475 e. The Hall–Kier alpha value is -1.53. The van der Waals surface area contributed by atoms with E-state index in [1.54, 1.807) is 0 Å². The highest BCUT2D eigenvalue weighted by Crippen LogP contribution is 2.32. The number of hydrogen-bond donors (Lipinski definition) is 1. The number of halogens is 1. The molecule has 0 bridgehead atoms. The van der Waals surface area contributed by atoms with Gasteiger partial charge in [0.05, 0.1) is 18.1 Å². The Morgan fingerprint density at radius 1 is 1.56 bits per heavy atom. The van der Waals surface area contributed by atoms with Crippen LogP contribution in [0, 0.1) is 0 Å². The molecule has 0 aromatic carbocycles. The van der Waals surface area contributed by atoms with Gasteiger partial charge in [-0.1, -0.05) is 0 Å². The van der Waals surface area contributed by atoms with Crippen LogP contribution in [0.4, 0.5) is 0 Å². The Kier molecular flexibility index (Phi) is 3.32. The number of fused-ring (bicyclic) bond motifs is 1. The lowest BCUT2D eigenvalue weighted by atomic mass is 9.91. The summed E-state index contributed by atoms with van der Waals surface area (Å²) in [5.74, 6) is -1.61. The van der Waals surface area contributed by atoms with E-state index in [-0.39, 0.29) is 11.3 Å². The van der Waals surface area contributed by atoms with Crippen molar-refractivity contribution in [2.75, 3.05) is 7.11 Å². The number of aliphatic hydroxyl groups excluding tert-OH is 1. The number of alkyl halides is 1. The van der Waals surface area contributed by atoms with Crippen LogP contribution in [0.1, 0.15) is 0 Å². The van der Waals surface area contributed by atoms with E-state index < -0.39 is 35.6 Å². The predicted octanol–water partition coefficient (Wildman–Crippen LogP) is -0.108. The van der Waals surface area contributed by atoms with Crippen molar-refractivity contribution < 1.29 is 28.9 Å². The molecule has 1 saturated heterocycles. The third-order valence-corrected chi connectivity index (χ3v) is 3.26. The Morgan fingerprint density at radius 2 is 2.22 bits per heavy atom. The van der Waals surface area contributed by atoms with E-state index in [4.69, 9.17) is 21.1 Å². The fourth-order valence-electron chi connectivity index (χ4n) is 1.85. The first-order chi connectivity index (χ1) is 8.45. The Balaban J connectivity index is 2.33. The van der Waals surface area contributed by atoms with E-state index in [9.17, 15) is 14.7 Å². The molecule has 0 saturated carbocycles. The fourth-order valence-corrected chi connectivity index (χ4v) is 2.15. The van der Waals surface area contributed by atoms with E-state index in [0.29, 0.717) is 0 Å². The second kappa shape index (κ2) is 4.62. The van der Waals surface area contributed by atoms with Gasteiger partial charge < -0.3 is 19.3 Å². The lowest BCUT2D eigenvalue weighted by Gasteiger charge is -2.38. The third kappa shape index (κ3) is 1.97. The molecule has 0 aromatic heterocycles. The van der Waals surface area contributed by atoms with Crippen molar-refractivity contribution in [3.63, 3.8) is 0 Å². The summed E-state index contributed by atoms with van der Waals surface area (Å²) in [6.07, 6.45) is -1.64. The van der Waals surface area contributed by atoms with Crippen molar-refractivity contribution in [1.82, 2.24) is 0 Å². The molecule has 4 unspecified atom stereocenters. The van der Waals surface area contributed by atoms with Gasteiger partial charge in [0, 0.05) is 0 Å². The summed E-state index contributed by atoms with van der Waals surface area (Å²) in [7, 11) is 1.20. The number of rotatable bonds is 1. The molecule has 0 amide bonds. The van der Waals surface area contributed by atoms with Crippen molar-refractivity contribution in [3.8, 4) is 0 Å². The topological polar surface area (TPSA) is 82.1 Å². The minimum atomic E-state index is -1.26. The average Bonchev–Trinajstić information content (AvgIpc) is 2.35. The van der Waals surface area contributed by atoms with Crippen LogP contribution in [0.3, 0.4) is 0 Å². The van der Waals surface area contributed by atoms with Gasteiger partial charge in [0.25, 0.3) is 0 Å². The molecule has 0 aromatic rings. The summed E-state index contributed by atoms with van der Waals surface area (Å²) in [6.45, 7) is 3.36. The summed E-state index contributed by atoms with van der Waals surface area (Å²) < 4.78 is 14.7. The van der Waals surface area contributed by atoms with Crippen LogP contribution in [-0.4, -0.2) is 47.8 Å². The van der Waals surface area contributed by atoms with E-state index in [0.717, 1.165) is 0 Å². The molecule has 7 heteroatoms. The van der Waals surface area contributed by atoms with Gasteiger partial charge in [0.1, 0.15) is 6.10 Å². The van der Waals surface area contributed by atoms with Gasteiger partial charge in [0.15, 0.2) is 18.0 Å². The van der Waals surface area contributed by atoms with Crippen LogP contribution in [0.25, 0.3) is 0 Å². The molecule has 0 spiro atoms. The highest BCUT2D eigenvalue weighted by molar-refractivity contribution is 6.26. The quantitative estimate of drug-likeness (QED) is 0.408. The molecule has 98 valence electrons. The molecule has 1 aliphatic carbocycles. The number of aliphatic hydroxyl groups is 1. The standard InChI is InChI=1S/C11H11ClO6/c1-4-10(14)18-9-6(17-4)3-5(11(15)16-2)7(12)8(9)13/h3,6-9,13H,1H2,2H3. The van der Waals surface area contributed by atoms with Crippen molar-refractivity contribution in [2.45, 2.75) is 23.7 Å². The first kappa shape index (κ1) is 12.9. The zero-order valence-electron chi connectivity index (χ0n) is 9.46. The number of carbonyl (C=O) groups excluding carboxylic acids is 2. The van der Waals surface area contributed by atoms with Crippen molar-refractivity contribution in [2.24, 2.45) is 0 Å². The molecule has 18 heavy (non-hydrogen) atoms. The van der Waals surface area contributed by atoms with Gasteiger partial charge in [-0.3, -0.25) is 0 Å². The van der Waals surface area contributed by atoms with Crippen molar-refractivity contribution in [3.05, 3.63) is 24.0 Å². The van der Waals surface area contributed by atoms with E-state index in [1.807, 2.05) is 0 Å². The smallest absolute Gasteiger partial charge is 0.373 e. The monoisotopic (exact) mass is 274 g/mol. The molecule has 1 heterocycles. The van der Waals surface area contributed by atoms with Gasteiger partial charge in [-0.05, 0) is 12.7 Å². The van der Waals surface area contributed by atoms with E-state index in [2.05, 4.69) is 11.3 Å². The maximum Gasteiger partial charge on any atom is 0.373 e. The lowest BCUT2D eigenvalue weighted by Crippen LogP contribution is -2.53. The third-order valence-electron chi connectivity index (χ3n) is 2.77. The van der Waals surface area contributed by atoms with E-state index in [1.165, 1.54) is 13.2 Å². The van der Waals surface area contributed by atoms with Crippen LogP contribution >= 0.6 is 11.6 Å². The van der Waals surface area contributed by atoms with Crippen LogP contribution < -0.4 is 0 Å². The van der Waals surface area contributed by atoms with Crippen LogP contribution in [-0.2, 0) is 23.8 Å². The molecule has 4 atom stereocenters. The Bertz CT molecular complexity index is 443. The molecule has 1 aliphatic heterocycles. The van der Waals surface area contributed by atoms with Gasteiger partial charge >= 0.3 is 11.9 Å². The molecular weight excluding hydrogens is 264 g/mol. The summed E-state index contributed by atoms with van der Waals surface area (Å²) in [4.78, 5) is 22.7. The molecular formula is C11H11ClO6. The minimum absolute atomic E-state index is 0.0682. The molecule has 1 N–H and O–H groups in total. The first-order valence-corrected chi connectivity index (χ1v) is 5.58. The van der Waals surface area contributed by atoms with E-state index >= 15 is 0 Å². The summed E-state index contributed by atoms with van der Waals surface area (Å²) in [5.41, 5.74) is 0.0682. The zero-order valence-corrected chi connectivity index (χ0v) is 10.2. The van der Waals surface area contributed by atoms with Gasteiger partial charge in [-0.25, -0.2) is 9.59 Å². The highest BCUT2D eigenvalue weighted by atomic mass is 35.5. The number of methoxy groups -OCH3 is 1. The molecule has 0 radical (unpaired) electrons. The first-order valence-electron chi connectivity index (χ1n) is 5.14. The number of carbonyl (C=O) groups is 2. The molecule has 2 rings (SSSR count). The Morgan fingerprint density at radius 3 is 2.83 bits per heavy atom. The summed E-state index contributed by atoms with van der Waals surface area (Å²) in [6, 6.07) is 0. The predicted molar refractivity (Wildman–Crippen MR) is 59.6 cm³/mol. The maximum absolute atomic E-state index is 11.5. The van der Waals surface area contributed by atoms with Gasteiger partial charge in [-0.2, -0.15) is 0 Å². The average molecular weight is 275 g/mol. The fraction of sp³-hybridized carbons (Fsp3) is 0.455. The second-order valence-electron chi connectivity index (χ2n) is 3.88. The second-order valence-corrected chi connectivity index (χ2v) is 4.35. The normalized spacial score (nSPS) is 34.9. The number of ether oxygens (including phenoxy) is 3. The van der Waals surface area contributed by atoms with Gasteiger partial charge in [-0.15, -0.1) is 11.6 Å². The highest BCUT2D eigenvalue weighted by Gasteiger charge is 2.47. The minimum Gasteiger partial charge on any atom is -0.475 e. The lowest BCUT2D eigenvalue weighted by molar-refractivity contribution is -0.178. The zero-order chi connectivity index (χ0) is 13.4. The van der Waals surface area contributed by atoms with Crippen LogP contribution in [0.15, 0.2) is 24.0 Å². The molecule has 2 aliphatic rings. The summed E-state index contributed by atoms with van der Waals surface area (Å²) >= 11 is 5.92. The van der Waals surface area contributed by atoms with Gasteiger partial charge in [0.2, 0.25) is 0 Å². The number of esters is 2. The van der Waals surface area contributed by atoms with Crippen LogP contribution in [0.5, 0.6) is 0 Å². The SMILES string of the molecule is C=C1OC2C=C(C(=O)OC)C(Cl)C(O)C2OC1=O. The Labute approximate surface area is 108 Å². The van der Waals surface area contributed by atoms with Crippen LogP contribution in [0.2, 0.25) is 0 Å². The number of hydrogen-bond acceptors (Lipinski definition) is 6. The molecule has 1 fully saturated rings. The van der Waals surface area contributed by atoms with Crippen molar-refractivity contribution >= 4 is 23.5 Å². The molecule has 6 nitrogen and oxygen atoms in total.